The van der Waals surface area contributed by atoms with Gasteiger partial charge in [-0.2, -0.15) is 0 Å². The molecule has 0 aliphatic rings. The van der Waals surface area contributed by atoms with E-state index in [9.17, 15) is 4.57 Å². The molecule has 0 amide bonds. The zero-order chi connectivity index (χ0) is 5.21. The van der Waals surface area contributed by atoms with Crippen molar-refractivity contribution in [2.24, 2.45) is 0 Å². The third kappa shape index (κ3) is 4.11. The SMILES string of the molecule is O=[PH2]C(O)(O)O. The summed E-state index contributed by atoms with van der Waals surface area (Å²) in [4.78, 5) is 0. The average molecular weight is 112 g/mol. The van der Waals surface area contributed by atoms with Crippen LogP contribution in [-0.4, -0.2) is 21.0 Å². The highest BCUT2D eigenvalue weighted by molar-refractivity contribution is 7.24. The lowest BCUT2D eigenvalue weighted by atomic mass is 11.3. The van der Waals surface area contributed by atoms with E-state index in [1.54, 1.807) is 0 Å². The van der Waals surface area contributed by atoms with Gasteiger partial charge in [-0.05, 0) is 0 Å². The van der Waals surface area contributed by atoms with Crippen LogP contribution in [0.5, 0.6) is 0 Å². The Hall–Kier alpha value is 0.110. The Balaban J connectivity index is 3.45. The lowest BCUT2D eigenvalue weighted by Crippen LogP contribution is -2.16. The van der Waals surface area contributed by atoms with Crippen molar-refractivity contribution in [1.82, 2.24) is 0 Å². The molecule has 0 saturated heterocycles. The first kappa shape index (κ1) is 6.11. The molecule has 0 rings (SSSR count). The Morgan fingerprint density at radius 3 is 1.50 bits per heavy atom. The number of aliphatic hydroxyl groups is 3. The molecule has 38 valence electrons. The fourth-order valence-electron chi connectivity index (χ4n) is 0. The van der Waals surface area contributed by atoms with Crippen molar-refractivity contribution in [2.45, 2.75) is 5.71 Å². The molecule has 0 radical (unpaired) electrons. The molecule has 0 saturated carbocycles. The molecular formula is CH5O4P. The van der Waals surface area contributed by atoms with Gasteiger partial charge in [-0.3, -0.25) is 0 Å². The van der Waals surface area contributed by atoms with Crippen LogP contribution in [0, 0.1) is 0 Å². The summed E-state index contributed by atoms with van der Waals surface area (Å²) >= 11 is 0. The van der Waals surface area contributed by atoms with Gasteiger partial charge in [0.15, 0.2) is 8.46 Å². The van der Waals surface area contributed by atoms with E-state index in [-0.39, 0.29) is 0 Å². The van der Waals surface area contributed by atoms with Crippen LogP contribution >= 0.6 is 8.46 Å². The van der Waals surface area contributed by atoms with Crippen molar-refractivity contribution in [3.05, 3.63) is 0 Å². The van der Waals surface area contributed by atoms with Crippen molar-refractivity contribution < 1.29 is 19.9 Å². The van der Waals surface area contributed by atoms with Gasteiger partial charge in [-0.25, -0.2) is 0 Å². The highest BCUT2D eigenvalue weighted by atomic mass is 31.1. The fourth-order valence-corrected chi connectivity index (χ4v) is 0. The number of hydrogen-bond donors (Lipinski definition) is 3. The minimum Gasteiger partial charge on any atom is -0.338 e. The molecule has 1 atom stereocenters. The summed E-state index contributed by atoms with van der Waals surface area (Å²) in [5.74, 6) is 0. The van der Waals surface area contributed by atoms with Gasteiger partial charge in [-0.15, -0.1) is 0 Å². The quantitative estimate of drug-likeness (QED) is 0.280. The minimum atomic E-state index is -2.93. The van der Waals surface area contributed by atoms with Crippen LogP contribution in [0.3, 0.4) is 0 Å². The van der Waals surface area contributed by atoms with E-state index >= 15 is 0 Å². The largest absolute Gasteiger partial charge is 0.338 e. The summed E-state index contributed by atoms with van der Waals surface area (Å²) in [6.45, 7) is 0. The van der Waals surface area contributed by atoms with Gasteiger partial charge < -0.3 is 19.9 Å². The molecular weight excluding hydrogens is 107 g/mol. The van der Waals surface area contributed by atoms with Crippen molar-refractivity contribution in [3.63, 3.8) is 0 Å². The second kappa shape index (κ2) is 1.71. The molecule has 6 heavy (non-hydrogen) atoms. The molecule has 0 aromatic heterocycles. The maximum Gasteiger partial charge on any atom is 0.324 e. The zero-order valence-corrected chi connectivity index (χ0v) is 3.98. The van der Waals surface area contributed by atoms with Crippen molar-refractivity contribution >= 4 is 8.46 Å². The van der Waals surface area contributed by atoms with Crippen molar-refractivity contribution in [3.8, 4) is 0 Å². The second-order valence-electron chi connectivity index (χ2n) is 0.805. The van der Waals surface area contributed by atoms with Gasteiger partial charge in [0.05, 0.1) is 0 Å². The van der Waals surface area contributed by atoms with E-state index in [1.807, 2.05) is 0 Å². The normalized spacial score (nSPS) is 13.8. The van der Waals surface area contributed by atoms with Crippen molar-refractivity contribution in [1.29, 1.82) is 0 Å². The average Bonchev–Trinajstić information content (AvgIpc) is 1.35. The molecule has 0 bridgehead atoms. The summed E-state index contributed by atoms with van der Waals surface area (Å²) in [7, 11) is -1.92. The molecule has 0 fully saturated rings. The molecule has 1 unspecified atom stereocenters. The first-order valence-electron chi connectivity index (χ1n) is 1.20. The summed E-state index contributed by atoms with van der Waals surface area (Å²) in [5.41, 5.74) is -2.93. The Morgan fingerprint density at radius 1 is 1.33 bits per heavy atom. The molecule has 0 aromatic rings. The van der Waals surface area contributed by atoms with E-state index in [4.69, 9.17) is 15.3 Å². The summed E-state index contributed by atoms with van der Waals surface area (Å²) in [6.07, 6.45) is 0. The lowest BCUT2D eigenvalue weighted by molar-refractivity contribution is -0.238. The van der Waals surface area contributed by atoms with Crippen LogP contribution in [0.25, 0.3) is 0 Å². The summed E-state index contributed by atoms with van der Waals surface area (Å²) in [6, 6.07) is 0. The molecule has 0 aliphatic carbocycles. The van der Waals surface area contributed by atoms with E-state index in [0.29, 0.717) is 0 Å². The third-order valence-corrected chi connectivity index (χ3v) is 0.474. The lowest BCUT2D eigenvalue weighted by Gasteiger charge is -2.01. The van der Waals surface area contributed by atoms with Crippen LogP contribution in [0.15, 0.2) is 0 Å². The molecule has 3 N–H and O–H groups in total. The van der Waals surface area contributed by atoms with Crippen LogP contribution in [0.2, 0.25) is 0 Å². The fraction of sp³-hybridized carbons (Fsp3) is 1.00. The van der Waals surface area contributed by atoms with Crippen LogP contribution in [-0.2, 0) is 4.57 Å². The topological polar surface area (TPSA) is 77.8 Å². The summed E-state index contributed by atoms with van der Waals surface area (Å²) in [5, 5.41) is 23.0. The summed E-state index contributed by atoms with van der Waals surface area (Å²) < 4.78 is 9.28. The van der Waals surface area contributed by atoms with Crippen LogP contribution in [0.1, 0.15) is 0 Å². The monoisotopic (exact) mass is 112 g/mol. The smallest absolute Gasteiger partial charge is 0.324 e. The predicted molar refractivity (Wildman–Crippen MR) is 19.8 cm³/mol. The first-order chi connectivity index (χ1) is 2.56. The Labute approximate surface area is 35.2 Å². The number of hydrogen-bond acceptors (Lipinski definition) is 4. The Bertz CT molecular complexity index is 53.1. The van der Waals surface area contributed by atoms with Gasteiger partial charge in [-0.1, -0.05) is 0 Å². The Kier molecular flexibility index (Phi) is 1.74. The van der Waals surface area contributed by atoms with Gasteiger partial charge in [0, 0.05) is 0 Å². The maximum absolute atomic E-state index is 9.28. The molecule has 0 heterocycles. The van der Waals surface area contributed by atoms with Gasteiger partial charge in [0.1, 0.15) is 0 Å². The highest BCUT2D eigenvalue weighted by Crippen LogP contribution is 2.08. The standard InChI is InChI=1S/CH5O4P/c2-1(3,4)6-5/h2-4H,6H2. The third-order valence-electron chi connectivity index (χ3n) is 0.158. The molecule has 5 heteroatoms. The molecule has 0 aromatic carbocycles. The van der Waals surface area contributed by atoms with Gasteiger partial charge in [0.2, 0.25) is 0 Å². The van der Waals surface area contributed by atoms with E-state index in [1.165, 1.54) is 0 Å². The predicted octanol–water partition coefficient (Wildman–Crippen LogP) is -1.67. The molecule has 0 spiro atoms. The first-order valence-corrected chi connectivity index (χ1v) is 2.24. The maximum atomic E-state index is 9.28. The van der Waals surface area contributed by atoms with E-state index < -0.39 is 14.2 Å². The van der Waals surface area contributed by atoms with E-state index in [2.05, 4.69) is 0 Å². The number of rotatable bonds is 1. The van der Waals surface area contributed by atoms with Gasteiger partial charge in [0.25, 0.3) is 0 Å². The van der Waals surface area contributed by atoms with Crippen LogP contribution < -0.4 is 0 Å². The van der Waals surface area contributed by atoms with Gasteiger partial charge >= 0.3 is 5.71 Å². The van der Waals surface area contributed by atoms with Crippen LogP contribution in [0.4, 0.5) is 0 Å². The Morgan fingerprint density at radius 2 is 1.50 bits per heavy atom. The molecule has 0 aliphatic heterocycles. The second-order valence-corrected chi connectivity index (χ2v) is 1.82. The zero-order valence-electron chi connectivity index (χ0n) is 2.83. The molecule has 4 nitrogen and oxygen atoms in total. The van der Waals surface area contributed by atoms with Crippen molar-refractivity contribution in [2.75, 3.05) is 0 Å². The van der Waals surface area contributed by atoms with E-state index in [0.717, 1.165) is 0 Å². The highest BCUT2D eigenvalue weighted by Gasteiger charge is 2.12. The minimum absolute atomic E-state index is 1.92.